The van der Waals surface area contributed by atoms with Crippen molar-refractivity contribution >= 4 is 45.9 Å². The van der Waals surface area contributed by atoms with Crippen LogP contribution in [-0.2, 0) is 11.3 Å². The average Bonchev–Trinajstić information content (AvgIpc) is 3.27. The Hall–Kier alpha value is -3.48. The van der Waals surface area contributed by atoms with Crippen molar-refractivity contribution in [1.82, 2.24) is 10.2 Å². The first-order valence-electron chi connectivity index (χ1n) is 11.7. The minimum Gasteiger partial charge on any atom is -0.492 e. The van der Waals surface area contributed by atoms with E-state index in [0.717, 1.165) is 27.6 Å². The lowest BCUT2D eigenvalue weighted by molar-refractivity contribution is -0.128. The van der Waals surface area contributed by atoms with Crippen molar-refractivity contribution in [2.75, 3.05) is 18.9 Å². The Balaban J connectivity index is 1.14. The van der Waals surface area contributed by atoms with E-state index in [4.69, 9.17) is 16.3 Å². The number of hydrogen-bond donors (Lipinski definition) is 1. The molecule has 0 radical (unpaired) electrons. The summed E-state index contributed by atoms with van der Waals surface area (Å²) in [6.07, 6.45) is 0. The number of hydrogen-bond acceptors (Lipinski definition) is 4. The topological polar surface area (TPSA) is 58.6 Å². The highest BCUT2D eigenvalue weighted by Crippen LogP contribution is 2.39. The van der Waals surface area contributed by atoms with Gasteiger partial charge >= 0.3 is 0 Å². The van der Waals surface area contributed by atoms with E-state index < -0.39 is 0 Å². The summed E-state index contributed by atoms with van der Waals surface area (Å²) in [6.45, 7) is 1.30. The molecule has 5 nitrogen and oxygen atoms in total. The van der Waals surface area contributed by atoms with Crippen molar-refractivity contribution in [3.8, 4) is 5.75 Å². The van der Waals surface area contributed by atoms with Crippen LogP contribution in [0.4, 0.5) is 0 Å². The number of thioether (sulfide) groups is 1. The van der Waals surface area contributed by atoms with Gasteiger partial charge < -0.3 is 15.0 Å². The first-order chi connectivity index (χ1) is 17.6. The molecule has 0 aromatic heterocycles. The van der Waals surface area contributed by atoms with Crippen LogP contribution in [0.2, 0.25) is 5.02 Å². The number of nitrogens with zero attached hydrogens (tertiary/aromatic N) is 1. The molecule has 4 aromatic rings. The Labute approximate surface area is 219 Å². The third-order valence-corrected chi connectivity index (χ3v) is 7.58. The van der Waals surface area contributed by atoms with Gasteiger partial charge in [0.2, 0.25) is 5.91 Å². The molecule has 0 bridgehead atoms. The first-order valence-corrected chi connectivity index (χ1v) is 13.1. The summed E-state index contributed by atoms with van der Waals surface area (Å²) in [5.74, 6) is 1.17. The largest absolute Gasteiger partial charge is 0.492 e. The van der Waals surface area contributed by atoms with Gasteiger partial charge in [0.25, 0.3) is 5.91 Å². The number of ether oxygens (including phenoxy) is 1. The highest BCUT2D eigenvalue weighted by molar-refractivity contribution is 8.00. The number of rotatable bonds is 8. The Morgan fingerprint density at radius 3 is 2.50 bits per heavy atom. The van der Waals surface area contributed by atoms with Crippen LogP contribution in [0.25, 0.3) is 10.8 Å². The lowest BCUT2D eigenvalue weighted by Crippen LogP contribution is -2.28. The maximum Gasteiger partial charge on any atom is 0.251 e. The van der Waals surface area contributed by atoms with Gasteiger partial charge in [-0.25, -0.2) is 0 Å². The zero-order valence-electron chi connectivity index (χ0n) is 19.5. The van der Waals surface area contributed by atoms with E-state index in [1.54, 1.807) is 23.9 Å². The van der Waals surface area contributed by atoms with Gasteiger partial charge in [-0.05, 0) is 58.3 Å². The third kappa shape index (κ3) is 5.66. The molecule has 1 aliphatic heterocycles. The summed E-state index contributed by atoms with van der Waals surface area (Å²) in [4.78, 5) is 27.0. The normalized spacial score (nSPS) is 15.3. The molecule has 4 aromatic carbocycles. The van der Waals surface area contributed by atoms with Gasteiger partial charge in [-0.3, -0.25) is 9.59 Å². The van der Waals surface area contributed by atoms with Crippen LogP contribution >= 0.6 is 23.4 Å². The van der Waals surface area contributed by atoms with Gasteiger partial charge in [-0.15, -0.1) is 11.8 Å². The van der Waals surface area contributed by atoms with Crippen LogP contribution < -0.4 is 10.1 Å². The van der Waals surface area contributed by atoms with Crippen LogP contribution in [0.5, 0.6) is 5.75 Å². The summed E-state index contributed by atoms with van der Waals surface area (Å²) in [5, 5.41) is 5.77. The van der Waals surface area contributed by atoms with Gasteiger partial charge in [0.05, 0.1) is 12.3 Å². The quantitative estimate of drug-likeness (QED) is 0.288. The fourth-order valence-corrected chi connectivity index (χ4v) is 5.49. The van der Waals surface area contributed by atoms with Crippen molar-refractivity contribution in [1.29, 1.82) is 0 Å². The average molecular weight is 517 g/mol. The van der Waals surface area contributed by atoms with E-state index in [2.05, 4.69) is 11.4 Å². The van der Waals surface area contributed by atoms with Gasteiger partial charge in [-0.1, -0.05) is 66.2 Å². The van der Waals surface area contributed by atoms with Crippen LogP contribution in [0, 0.1) is 0 Å². The van der Waals surface area contributed by atoms with E-state index >= 15 is 0 Å². The number of halogens is 1. The monoisotopic (exact) mass is 516 g/mol. The summed E-state index contributed by atoms with van der Waals surface area (Å²) in [5.41, 5.74) is 2.60. The van der Waals surface area contributed by atoms with E-state index in [0.29, 0.717) is 36.0 Å². The predicted molar refractivity (Wildman–Crippen MR) is 145 cm³/mol. The second kappa shape index (κ2) is 11.1. The highest BCUT2D eigenvalue weighted by Gasteiger charge is 2.32. The molecule has 0 aliphatic carbocycles. The minimum atomic E-state index is -0.156. The molecule has 1 aliphatic rings. The molecule has 182 valence electrons. The minimum absolute atomic E-state index is 0.0827. The van der Waals surface area contributed by atoms with Crippen LogP contribution in [-0.4, -0.2) is 35.6 Å². The molecule has 2 amide bonds. The van der Waals surface area contributed by atoms with Crippen LogP contribution in [0.1, 0.15) is 26.9 Å². The maximum absolute atomic E-state index is 12.6. The van der Waals surface area contributed by atoms with Crippen molar-refractivity contribution < 1.29 is 14.3 Å². The second-order valence-electron chi connectivity index (χ2n) is 8.55. The van der Waals surface area contributed by atoms with Crippen molar-refractivity contribution in [3.63, 3.8) is 0 Å². The second-order valence-corrected chi connectivity index (χ2v) is 10.1. The van der Waals surface area contributed by atoms with E-state index in [1.165, 1.54) is 0 Å². The van der Waals surface area contributed by atoms with Crippen molar-refractivity contribution in [3.05, 3.63) is 113 Å². The number of carbonyl (C=O) groups is 2. The Morgan fingerprint density at radius 1 is 0.972 bits per heavy atom. The van der Waals surface area contributed by atoms with E-state index in [-0.39, 0.29) is 17.2 Å². The Morgan fingerprint density at radius 2 is 1.72 bits per heavy atom. The number of carbonyl (C=O) groups excluding carboxylic acids is 2. The standard InChI is InChI=1S/C29H25ClN2O3S/c30-25-12-5-20(6-13-25)18-32-27(33)19-36-29(32)23-9-7-22(8-10-23)28(34)31-15-16-35-26-14-11-21-3-1-2-4-24(21)17-26/h1-14,17,29H,15-16,18-19H2,(H,31,34). The Bertz CT molecular complexity index is 1380. The molecular formula is C29H25ClN2O3S. The fraction of sp³-hybridized carbons (Fsp3) is 0.172. The smallest absolute Gasteiger partial charge is 0.251 e. The molecule has 5 rings (SSSR count). The SMILES string of the molecule is O=C(NCCOc1ccc2ccccc2c1)c1ccc(C2SCC(=O)N2Cc2ccc(Cl)cc2)cc1. The third-order valence-electron chi connectivity index (χ3n) is 6.07. The van der Waals surface area contributed by atoms with Crippen LogP contribution in [0.3, 0.4) is 0 Å². The fourth-order valence-electron chi connectivity index (χ4n) is 4.18. The lowest BCUT2D eigenvalue weighted by Gasteiger charge is -2.24. The zero-order valence-corrected chi connectivity index (χ0v) is 21.1. The number of nitrogens with one attached hydrogen (secondary N) is 1. The van der Waals surface area contributed by atoms with Crippen molar-refractivity contribution in [2.24, 2.45) is 0 Å². The first kappa shape index (κ1) is 24.2. The molecule has 0 spiro atoms. The zero-order chi connectivity index (χ0) is 24.9. The summed E-state index contributed by atoms with van der Waals surface area (Å²) >= 11 is 7.58. The van der Waals surface area contributed by atoms with Gasteiger partial charge in [-0.2, -0.15) is 0 Å². The molecule has 36 heavy (non-hydrogen) atoms. The predicted octanol–water partition coefficient (Wildman–Crippen LogP) is 6.08. The van der Waals surface area contributed by atoms with Crippen molar-refractivity contribution in [2.45, 2.75) is 11.9 Å². The molecule has 1 unspecified atom stereocenters. The van der Waals surface area contributed by atoms with Gasteiger partial charge in [0.1, 0.15) is 17.7 Å². The summed E-state index contributed by atoms with van der Waals surface area (Å²) in [6, 6.07) is 29.1. The summed E-state index contributed by atoms with van der Waals surface area (Å²) in [7, 11) is 0. The molecule has 0 saturated carbocycles. The number of benzene rings is 4. The Kier molecular flexibility index (Phi) is 7.44. The molecule has 7 heteroatoms. The van der Waals surface area contributed by atoms with E-state index in [9.17, 15) is 9.59 Å². The molecular weight excluding hydrogens is 492 g/mol. The lowest BCUT2D eigenvalue weighted by atomic mass is 10.1. The molecule has 1 heterocycles. The van der Waals surface area contributed by atoms with Gasteiger partial charge in [0, 0.05) is 17.1 Å². The van der Waals surface area contributed by atoms with E-state index in [1.807, 2.05) is 77.7 Å². The highest BCUT2D eigenvalue weighted by atomic mass is 35.5. The number of amides is 2. The maximum atomic E-state index is 12.6. The number of fused-ring (bicyclic) bond motifs is 1. The molecule has 1 N–H and O–H groups in total. The van der Waals surface area contributed by atoms with Gasteiger partial charge in [0.15, 0.2) is 0 Å². The molecule has 1 atom stereocenters. The summed E-state index contributed by atoms with van der Waals surface area (Å²) < 4.78 is 5.80. The van der Waals surface area contributed by atoms with Crippen LogP contribution in [0.15, 0.2) is 91.0 Å². The molecule has 1 saturated heterocycles. The molecule has 1 fully saturated rings.